The zero-order valence-electron chi connectivity index (χ0n) is 11.0. The minimum Gasteiger partial charge on any atom is -0.507 e. The van der Waals surface area contributed by atoms with E-state index in [9.17, 15) is 5.11 Å². The van der Waals surface area contributed by atoms with Crippen LogP contribution >= 0.6 is 0 Å². The number of phenolic OH excluding ortho intramolecular Hbond substituents is 1. The fourth-order valence-electron chi connectivity index (χ4n) is 1.37. The molecule has 0 aliphatic carbocycles. The molecule has 3 nitrogen and oxygen atoms in total. The van der Waals surface area contributed by atoms with Gasteiger partial charge in [-0.05, 0) is 24.6 Å². The van der Waals surface area contributed by atoms with Crippen LogP contribution in [0.3, 0.4) is 0 Å². The Kier molecular flexibility index (Phi) is 6.50. The fourth-order valence-corrected chi connectivity index (χ4v) is 1.37. The Hall–Kier alpha value is -1.95. The van der Waals surface area contributed by atoms with Gasteiger partial charge in [-0.15, -0.1) is 0 Å². The maximum absolute atomic E-state index is 9.49. The van der Waals surface area contributed by atoms with E-state index in [-0.39, 0.29) is 5.75 Å². The van der Waals surface area contributed by atoms with Crippen molar-refractivity contribution in [3.8, 4) is 11.8 Å². The number of nitriles is 1. The van der Waals surface area contributed by atoms with Gasteiger partial charge in [0.15, 0.2) is 5.58 Å². The number of phenols is 1. The molecule has 0 bridgehead atoms. The molecule has 1 aromatic heterocycles. The minimum atomic E-state index is 0.153. The molecule has 0 aliphatic rings. The molecule has 0 fully saturated rings. The van der Waals surface area contributed by atoms with Crippen molar-refractivity contribution in [1.29, 1.82) is 5.26 Å². The van der Waals surface area contributed by atoms with Crippen LogP contribution < -0.4 is 0 Å². The van der Waals surface area contributed by atoms with Crippen LogP contribution in [-0.2, 0) is 0 Å². The van der Waals surface area contributed by atoms with Gasteiger partial charge < -0.3 is 9.52 Å². The highest BCUT2D eigenvalue weighted by Crippen LogP contribution is 2.31. The number of benzene rings is 1. The molecule has 92 valence electrons. The first-order valence-corrected chi connectivity index (χ1v) is 5.84. The molecule has 3 heteroatoms. The van der Waals surface area contributed by atoms with Crippen LogP contribution in [0.4, 0.5) is 0 Å². The second-order valence-electron chi connectivity index (χ2n) is 2.87. The van der Waals surface area contributed by atoms with Crippen LogP contribution in [0.2, 0.25) is 0 Å². The number of fused-ring (bicyclic) bond motifs is 1. The van der Waals surface area contributed by atoms with E-state index >= 15 is 0 Å². The van der Waals surface area contributed by atoms with Gasteiger partial charge in [0.25, 0.3) is 0 Å². The minimum absolute atomic E-state index is 0.153. The van der Waals surface area contributed by atoms with E-state index in [0.29, 0.717) is 16.5 Å². The second kappa shape index (κ2) is 7.34. The highest BCUT2D eigenvalue weighted by atomic mass is 16.3. The van der Waals surface area contributed by atoms with Gasteiger partial charge in [0, 0.05) is 0 Å². The molecule has 0 atom stereocenters. The van der Waals surface area contributed by atoms with E-state index < -0.39 is 0 Å². The average molecular weight is 233 g/mol. The van der Waals surface area contributed by atoms with Gasteiger partial charge in [-0.1, -0.05) is 27.7 Å². The molecular weight excluding hydrogens is 214 g/mol. The topological polar surface area (TPSA) is 57.2 Å². The summed E-state index contributed by atoms with van der Waals surface area (Å²) in [6.45, 7) is 9.83. The Morgan fingerprint density at radius 2 is 1.76 bits per heavy atom. The zero-order valence-corrected chi connectivity index (χ0v) is 11.0. The molecule has 0 spiro atoms. The van der Waals surface area contributed by atoms with Crippen molar-refractivity contribution in [3.63, 3.8) is 0 Å². The van der Waals surface area contributed by atoms with E-state index in [1.807, 2.05) is 40.7 Å². The number of furan rings is 1. The third-order valence-corrected chi connectivity index (χ3v) is 2.00. The number of nitrogens with zero attached hydrogens (tertiary/aromatic N) is 1. The molecule has 2 aromatic rings. The smallest absolute Gasteiger partial charge is 0.155 e. The van der Waals surface area contributed by atoms with Crippen LogP contribution in [0.25, 0.3) is 11.0 Å². The predicted molar refractivity (Wildman–Crippen MR) is 70.0 cm³/mol. The van der Waals surface area contributed by atoms with E-state index in [2.05, 4.69) is 0 Å². The van der Waals surface area contributed by atoms with Crippen molar-refractivity contribution >= 4 is 11.0 Å². The van der Waals surface area contributed by atoms with Crippen LogP contribution in [0.5, 0.6) is 5.75 Å². The maximum atomic E-state index is 9.49. The van der Waals surface area contributed by atoms with Crippen molar-refractivity contribution < 1.29 is 9.52 Å². The lowest BCUT2D eigenvalue weighted by molar-refractivity contribution is 0.481. The highest BCUT2D eigenvalue weighted by molar-refractivity contribution is 5.90. The molecule has 1 heterocycles. The summed E-state index contributed by atoms with van der Waals surface area (Å²) in [6.07, 6.45) is 1.53. The highest BCUT2D eigenvalue weighted by Gasteiger charge is 2.10. The van der Waals surface area contributed by atoms with Crippen molar-refractivity contribution in [2.45, 2.75) is 34.6 Å². The summed E-state index contributed by atoms with van der Waals surface area (Å²) < 4.78 is 5.17. The quantitative estimate of drug-likeness (QED) is 0.735. The third kappa shape index (κ3) is 3.01. The van der Waals surface area contributed by atoms with Gasteiger partial charge in [0.05, 0.1) is 17.2 Å². The summed E-state index contributed by atoms with van der Waals surface area (Å²) in [5.41, 5.74) is 1.74. The van der Waals surface area contributed by atoms with Crippen molar-refractivity contribution in [1.82, 2.24) is 0 Å². The lowest BCUT2D eigenvalue weighted by Gasteiger charge is -1.95. The first-order chi connectivity index (χ1) is 8.24. The third-order valence-electron chi connectivity index (χ3n) is 2.00. The van der Waals surface area contributed by atoms with Crippen LogP contribution in [0.15, 0.2) is 22.8 Å². The number of aryl methyl sites for hydroxylation is 1. The summed E-state index contributed by atoms with van der Waals surface area (Å²) in [5, 5.41) is 18.9. The molecule has 0 unspecified atom stereocenters. The van der Waals surface area contributed by atoms with Gasteiger partial charge >= 0.3 is 0 Å². The summed E-state index contributed by atoms with van der Waals surface area (Å²) in [6, 6.07) is 5.05. The molecule has 0 radical (unpaired) electrons. The molecule has 2 rings (SSSR count). The Bertz CT molecular complexity index is 507. The average Bonchev–Trinajstić information content (AvgIpc) is 2.78. The normalized spacial score (nSPS) is 8.47. The number of hydrogen-bond donors (Lipinski definition) is 1. The summed E-state index contributed by atoms with van der Waals surface area (Å²) in [5.74, 6) is 0.153. The fraction of sp³-hybridized carbons (Fsp3) is 0.357. The second-order valence-corrected chi connectivity index (χ2v) is 2.87. The lowest BCUT2D eigenvalue weighted by Crippen LogP contribution is -1.76. The molecule has 1 aromatic carbocycles. The first-order valence-electron chi connectivity index (χ1n) is 5.84. The molecule has 0 amide bonds. The molecule has 0 saturated carbocycles. The van der Waals surface area contributed by atoms with Crippen molar-refractivity contribution in [3.05, 3.63) is 29.5 Å². The first kappa shape index (κ1) is 15.0. The van der Waals surface area contributed by atoms with Gasteiger partial charge in [-0.25, -0.2) is 0 Å². The Morgan fingerprint density at radius 3 is 2.29 bits per heavy atom. The summed E-state index contributed by atoms with van der Waals surface area (Å²) in [4.78, 5) is 0. The summed E-state index contributed by atoms with van der Waals surface area (Å²) >= 11 is 0. The van der Waals surface area contributed by atoms with Crippen molar-refractivity contribution in [2.75, 3.05) is 0 Å². The van der Waals surface area contributed by atoms with Gasteiger partial charge in [0.2, 0.25) is 0 Å². The molecule has 1 N–H and O–H groups in total. The van der Waals surface area contributed by atoms with Crippen LogP contribution in [0.1, 0.15) is 38.8 Å². The standard InChI is InChI=1S/C10H7NO2.2C2H6/c1-6-5-13-10-7(4-11)2-3-8(12)9(6)10;2*1-2/h2-3,5,12H,1H3;2*1-2H3. The summed E-state index contributed by atoms with van der Waals surface area (Å²) in [7, 11) is 0. The maximum Gasteiger partial charge on any atom is 0.155 e. The van der Waals surface area contributed by atoms with Gasteiger partial charge in [-0.2, -0.15) is 5.26 Å². The van der Waals surface area contributed by atoms with E-state index in [1.54, 1.807) is 6.07 Å². The van der Waals surface area contributed by atoms with E-state index in [4.69, 9.17) is 9.68 Å². The Morgan fingerprint density at radius 1 is 1.18 bits per heavy atom. The monoisotopic (exact) mass is 233 g/mol. The molecule has 0 aliphatic heterocycles. The molecule has 17 heavy (non-hydrogen) atoms. The van der Waals surface area contributed by atoms with Gasteiger partial charge in [0.1, 0.15) is 11.8 Å². The zero-order chi connectivity index (χ0) is 13.4. The largest absolute Gasteiger partial charge is 0.507 e. The van der Waals surface area contributed by atoms with E-state index in [0.717, 1.165) is 5.56 Å². The number of hydrogen-bond acceptors (Lipinski definition) is 3. The van der Waals surface area contributed by atoms with Gasteiger partial charge in [-0.3, -0.25) is 0 Å². The van der Waals surface area contributed by atoms with E-state index in [1.165, 1.54) is 12.3 Å². The number of rotatable bonds is 0. The Labute approximate surface area is 102 Å². The van der Waals surface area contributed by atoms with Crippen LogP contribution in [-0.4, -0.2) is 5.11 Å². The van der Waals surface area contributed by atoms with Crippen LogP contribution in [0, 0.1) is 18.3 Å². The molecular formula is C14H19NO2. The van der Waals surface area contributed by atoms with Crippen molar-refractivity contribution in [2.24, 2.45) is 0 Å². The number of aromatic hydroxyl groups is 1. The Balaban J connectivity index is 0.000000581. The lowest BCUT2D eigenvalue weighted by atomic mass is 10.1. The predicted octanol–water partition coefficient (Wildman–Crippen LogP) is 4.37. The molecule has 0 saturated heterocycles. The SMILES string of the molecule is CC.CC.Cc1coc2c(C#N)ccc(O)c12.